The Hall–Kier alpha value is -0.300. The number of allylic oxidation sites excluding steroid dienone is 1. The minimum Gasteiger partial charge on any atom is -0.344 e. The van der Waals surface area contributed by atoms with E-state index in [4.69, 9.17) is 0 Å². The molecule has 0 fully saturated rings. The lowest BCUT2D eigenvalue weighted by atomic mass is 10.8. The smallest absolute Gasteiger partial charge is 0 e. The van der Waals surface area contributed by atoms with Crippen LogP contribution in [0.1, 0.15) is 8.35 Å². The van der Waals surface area contributed by atoms with Crippen LogP contribution in [0.5, 0.6) is 0 Å². The maximum absolute atomic E-state index is 3.36. The molecule has 0 saturated carbocycles. The molecule has 28 valence electrons. The van der Waals surface area contributed by atoms with Gasteiger partial charge in [0.25, 0.3) is 0 Å². The van der Waals surface area contributed by atoms with Crippen LogP contribution in [0.4, 0.5) is 0 Å². The third-order valence-corrected chi connectivity index (χ3v) is 0. The molecule has 0 unspecified atom stereocenters. The Morgan fingerprint density at radius 3 is 2.00 bits per heavy atom. The van der Waals surface area contributed by atoms with Crippen molar-refractivity contribution in [3.05, 3.63) is 12.7 Å². The second-order valence-corrected chi connectivity index (χ2v) is 0.408. The first-order chi connectivity index (χ1) is 1.41. The molecular formula is C3H11N. The van der Waals surface area contributed by atoms with Crippen molar-refractivity contribution in [2.24, 2.45) is 0 Å². The average Bonchev–Trinajstić information content (AvgIpc) is 0.918. The van der Waals surface area contributed by atoms with Crippen LogP contribution in [0.15, 0.2) is 12.7 Å². The maximum atomic E-state index is 3.36. The molecule has 0 atom stereocenters. The van der Waals surface area contributed by atoms with Gasteiger partial charge in [-0.05, 0) is 6.92 Å². The van der Waals surface area contributed by atoms with Crippen molar-refractivity contribution in [2.45, 2.75) is 6.92 Å². The van der Waals surface area contributed by atoms with Gasteiger partial charge in [0.2, 0.25) is 0 Å². The van der Waals surface area contributed by atoms with Gasteiger partial charge in [0.05, 0.1) is 0 Å². The highest BCUT2D eigenvalue weighted by Crippen LogP contribution is 1.38. The topological polar surface area (TPSA) is 35.0 Å². The van der Waals surface area contributed by atoms with Crippen LogP contribution in [0.25, 0.3) is 0 Å². The fraction of sp³-hybridized carbons (Fsp3) is 0.333. The van der Waals surface area contributed by atoms with Gasteiger partial charge in [0.15, 0.2) is 0 Å². The highest BCUT2D eigenvalue weighted by molar-refractivity contribution is 4.51. The molecule has 1 heteroatoms. The second kappa shape index (κ2) is 15.9. The molecule has 0 aromatic rings. The molecular weight excluding hydrogens is 50.0 g/mol. The summed E-state index contributed by atoms with van der Waals surface area (Å²) in [5.41, 5.74) is 0. The zero-order chi connectivity index (χ0) is 2.71. The van der Waals surface area contributed by atoms with Crippen LogP contribution >= 0.6 is 0 Å². The molecule has 1 nitrogen and oxygen atoms in total. The van der Waals surface area contributed by atoms with Gasteiger partial charge >= 0.3 is 0 Å². The monoisotopic (exact) mass is 63.1 g/mol. The van der Waals surface area contributed by atoms with Crippen LogP contribution in [-0.4, -0.2) is 0 Å². The quantitative estimate of drug-likeness (QED) is 0.426. The molecule has 0 spiro atoms. The molecule has 0 amide bonds. The molecule has 0 radical (unpaired) electrons. The fourth-order valence-electron chi connectivity index (χ4n) is 0. The molecule has 0 aliphatic rings. The van der Waals surface area contributed by atoms with Gasteiger partial charge in [0, 0.05) is 1.43 Å². The first-order valence-corrected chi connectivity index (χ1v) is 0.986. The van der Waals surface area contributed by atoms with Crippen molar-refractivity contribution >= 4 is 0 Å². The summed E-state index contributed by atoms with van der Waals surface area (Å²) in [6.45, 7) is 5.25. The number of hydrogen-bond acceptors (Lipinski definition) is 1. The molecule has 0 aliphatic heterocycles. The van der Waals surface area contributed by atoms with E-state index in [9.17, 15) is 0 Å². The highest BCUT2D eigenvalue weighted by Gasteiger charge is 1.15. The van der Waals surface area contributed by atoms with Gasteiger partial charge in [-0.15, -0.1) is 6.58 Å². The van der Waals surface area contributed by atoms with E-state index >= 15 is 0 Å². The van der Waals surface area contributed by atoms with Crippen molar-refractivity contribution in [2.75, 3.05) is 0 Å². The molecule has 0 rings (SSSR count). The summed E-state index contributed by atoms with van der Waals surface area (Å²) in [7, 11) is 0. The third-order valence-electron chi connectivity index (χ3n) is 0. The van der Waals surface area contributed by atoms with Crippen molar-refractivity contribution in [3.8, 4) is 0 Å². The van der Waals surface area contributed by atoms with Gasteiger partial charge in [0.1, 0.15) is 0 Å². The van der Waals surface area contributed by atoms with E-state index in [-0.39, 0.29) is 7.58 Å². The summed E-state index contributed by atoms with van der Waals surface area (Å²) in [4.78, 5) is 0. The molecule has 0 bridgehead atoms. The van der Waals surface area contributed by atoms with Crippen LogP contribution in [-0.2, 0) is 0 Å². The summed E-state index contributed by atoms with van der Waals surface area (Å²) >= 11 is 0. The van der Waals surface area contributed by atoms with E-state index in [1.807, 2.05) is 6.92 Å². The SMILES string of the molecule is C=CC.N.[3HH]. The van der Waals surface area contributed by atoms with E-state index in [0.717, 1.165) is 0 Å². The van der Waals surface area contributed by atoms with E-state index in [1.54, 1.807) is 6.08 Å². The molecule has 0 aromatic heterocycles. The first-order valence-electron chi connectivity index (χ1n) is 0.986. The third kappa shape index (κ3) is 9.26. The fourth-order valence-corrected chi connectivity index (χ4v) is 0. The van der Waals surface area contributed by atoms with Crippen molar-refractivity contribution in [1.82, 2.24) is 6.15 Å². The maximum Gasteiger partial charge on any atom is 0 e. The summed E-state index contributed by atoms with van der Waals surface area (Å²) in [5.74, 6) is 0. The van der Waals surface area contributed by atoms with Crippen molar-refractivity contribution in [3.63, 3.8) is 0 Å². The summed E-state index contributed by atoms with van der Waals surface area (Å²) in [6.07, 6.45) is 1.75. The first kappa shape index (κ1) is 9.33. The zero-order valence-electron chi connectivity index (χ0n) is 2.99. The van der Waals surface area contributed by atoms with Crippen LogP contribution in [0.2, 0.25) is 0 Å². The van der Waals surface area contributed by atoms with Crippen molar-refractivity contribution < 1.29 is 1.43 Å². The van der Waals surface area contributed by atoms with E-state index < -0.39 is 0 Å². The average molecular weight is 63.1 g/mol. The Kier molecular flexibility index (Phi) is 37.2. The molecule has 4 heavy (non-hydrogen) atoms. The van der Waals surface area contributed by atoms with Gasteiger partial charge in [-0.1, -0.05) is 6.08 Å². The number of rotatable bonds is 0. The molecule has 0 saturated heterocycles. The minimum atomic E-state index is 0. The van der Waals surface area contributed by atoms with Crippen LogP contribution in [0, 0.1) is 0 Å². The lowest BCUT2D eigenvalue weighted by Gasteiger charge is -1.31. The summed E-state index contributed by atoms with van der Waals surface area (Å²) in [6, 6.07) is 0. The van der Waals surface area contributed by atoms with Crippen LogP contribution in [0.3, 0.4) is 0 Å². The summed E-state index contributed by atoms with van der Waals surface area (Å²) < 4.78 is 0. The Bertz CT molecular complexity index is 14.4. The van der Waals surface area contributed by atoms with Crippen molar-refractivity contribution in [1.29, 1.82) is 0 Å². The van der Waals surface area contributed by atoms with Gasteiger partial charge in [-0.25, -0.2) is 0 Å². The Morgan fingerprint density at radius 2 is 2.00 bits per heavy atom. The zero-order valence-corrected chi connectivity index (χ0v) is 2.99. The highest BCUT2D eigenvalue weighted by atomic mass is 14.0. The van der Waals surface area contributed by atoms with Gasteiger partial charge < -0.3 is 6.15 Å². The Morgan fingerprint density at radius 1 is 2.00 bits per heavy atom. The van der Waals surface area contributed by atoms with Crippen LogP contribution < -0.4 is 6.15 Å². The normalized spacial score (nSPS) is 3.25. The lowest BCUT2D eigenvalue weighted by Crippen LogP contribution is -1.07. The second-order valence-electron chi connectivity index (χ2n) is 0.408. The lowest BCUT2D eigenvalue weighted by molar-refractivity contribution is 1.80. The van der Waals surface area contributed by atoms with E-state index in [0.29, 0.717) is 0 Å². The minimum absolute atomic E-state index is 0. The Labute approximate surface area is 28.4 Å². The van der Waals surface area contributed by atoms with Gasteiger partial charge in [-0.2, -0.15) is 0 Å². The molecule has 0 heterocycles. The Balaban J connectivity index is -0.0000000200. The predicted octanol–water partition coefficient (Wildman–Crippen LogP) is 1.60. The standard InChI is InChI=1S/C3H6.H3N.H2/c1-3-2;;/h3H,1H2,2H3;1H3;1H/i;;1+2. The van der Waals surface area contributed by atoms with E-state index in [2.05, 4.69) is 6.58 Å². The molecule has 0 aliphatic carbocycles. The molecule has 0 aromatic carbocycles. The largest absolute Gasteiger partial charge is 0.344 e. The van der Waals surface area contributed by atoms with Gasteiger partial charge in [-0.3, -0.25) is 0 Å². The summed E-state index contributed by atoms with van der Waals surface area (Å²) in [5, 5.41) is 0. The predicted molar refractivity (Wildman–Crippen MR) is 23.0 cm³/mol. The van der Waals surface area contributed by atoms with E-state index in [1.165, 1.54) is 0 Å². The molecule has 3 N–H and O–H groups in total. The number of hydrogen-bond donors (Lipinski definition) is 1.